The summed E-state index contributed by atoms with van der Waals surface area (Å²) in [4.78, 5) is 24.7. The molecule has 0 saturated carbocycles. The van der Waals surface area contributed by atoms with E-state index in [0.717, 1.165) is 44.9 Å². The first-order valence-electron chi connectivity index (χ1n) is 43.8. The van der Waals surface area contributed by atoms with Gasteiger partial charge in [0.05, 0.1) is 25.4 Å². The predicted octanol–water partition coefficient (Wildman–Crippen LogP) is 29.3. The molecule has 3 N–H and O–H groups in total. The number of aliphatic hydroxyl groups is 2. The summed E-state index contributed by atoms with van der Waals surface area (Å²) >= 11 is 0. The van der Waals surface area contributed by atoms with Crippen molar-refractivity contribution in [3.8, 4) is 0 Å². The average Bonchev–Trinajstić information content (AvgIpc) is 3.79. The molecule has 2 unspecified atom stereocenters. The van der Waals surface area contributed by atoms with Crippen LogP contribution in [0.1, 0.15) is 495 Å². The molecule has 562 valence electrons. The minimum atomic E-state index is -0.845. The van der Waals surface area contributed by atoms with Gasteiger partial charge in [-0.1, -0.05) is 455 Å². The van der Waals surface area contributed by atoms with Crippen LogP contribution in [0.3, 0.4) is 0 Å². The zero-order chi connectivity index (χ0) is 68.4. The van der Waals surface area contributed by atoms with E-state index in [1.54, 1.807) is 6.08 Å². The molecule has 0 radical (unpaired) electrons. The Labute approximate surface area is 595 Å². The maximum absolute atomic E-state index is 12.6. The third-order valence-electron chi connectivity index (χ3n) is 20.7. The molecule has 6 heteroatoms. The van der Waals surface area contributed by atoms with Crippen molar-refractivity contribution >= 4 is 11.9 Å². The number of aliphatic hydroxyl groups excluding tert-OH is 2. The van der Waals surface area contributed by atoms with E-state index in [0.29, 0.717) is 19.4 Å². The molecule has 0 heterocycles. The summed E-state index contributed by atoms with van der Waals surface area (Å²) in [5, 5.41) is 23.3. The number of carbonyl (C=O) groups is 2. The average molecular weight is 1340 g/mol. The normalized spacial score (nSPS) is 12.6. The highest BCUT2D eigenvalue weighted by molar-refractivity contribution is 5.76. The maximum atomic E-state index is 12.6. The van der Waals surface area contributed by atoms with Crippen molar-refractivity contribution in [3.63, 3.8) is 0 Å². The quantitative estimate of drug-likeness (QED) is 0.0320. The van der Waals surface area contributed by atoms with Crippen LogP contribution in [0.15, 0.2) is 36.5 Å². The first-order chi connectivity index (χ1) is 47.0. The van der Waals surface area contributed by atoms with Crippen LogP contribution >= 0.6 is 0 Å². The fraction of sp³-hybridized carbons (Fsp3) is 0.910. The summed E-state index contributed by atoms with van der Waals surface area (Å²) in [7, 11) is 0. The van der Waals surface area contributed by atoms with Gasteiger partial charge in [-0.2, -0.15) is 0 Å². The number of ether oxygens (including phenoxy) is 1. The van der Waals surface area contributed by atoms with Gasteiger partial charge in [0, 0.05) is 12.8 Å². The minimum Gasteiger partial charge on any atom is -0.466 e. The molecule has 95 heavy (non-hydrogen) atoms. The number of rotatable bonds is 83. The zero-order valence-corrected chi connectivity index (χ0v) is 64.7. The molecule has 0 aliphatic heterocycles. The van der Waals surface area contributed by atoms with Crippen molar-refractivity contribution in [3.05, 3.63) is 36.5 Å². The summed E-state index contributed by atoms with van der Waals surface area (Å²) in [6.45, 7) is 4.97. The highest BCUT2D eigenvalue weighted by Crippen LogP contribution is 2.21. The van der Waals surface area contributed by atoms with E-state index >= 15 is 0 Å². The van der Waals surface area contributed by atoms with E-state index in [9.17, 15) is 19.8 Å². The molecule has 0 bridgehead atoms. The van der Waals surface area contributed by atoms with Crippen LogP contribution in [0.2, 0.25) is 0 Å². The topological polar surface area (TPSA) is 95.9 Å². The smallest absolute Gasteiger partial charge is 0.305 e. The van der Waals surface area contributed by atoms with Crippen molar-refractivity contribution in [1.29, 1.82) is 0 Å². The van der Waals surface area contributed by atoms with Crippen LogP contribution < -0.4 is 5.32 Å². The van der Waals surface area contributed by atoms with Gasteiger partial charge in [-0.25, -0.2) is 0 Å². The lowest BCUT2D eigenvalue weighted by molar-refractivity contribution is -0.143. The predicted molar refractivity (Wildman–Crippen MR) is 421 cm³/mol. The molecule has 0 aliphatic carbocycles. The molecule has 1 amide bonds. The number of carbonyl (C=O) groups excluding carboxylic acids is 2. The van der Waals surface area contributed by atoms with Crippen molar-refractivity contribution in [2.75, 3.05) is 13.2 Å². The molecule has 0 aliphatic rings. The Balaban J connectivity index is 3.38. The molecular weight excluding hydrogens is 1160 g/mol. The highest BCUT2D eigenvalue weighted by Gasteiger charge is 2.18. The van der Waals surface area contributed by atoms with Gasteiger partial charge >= 0.3 is 5.97 Å². The van der Waals surface area contributed by atoms with Gasteiger partial charge in [-0.15, -0.1) is 0 Å². The van der Waals surface area contributed by atoms with Crippen LogP contribution in [0.25, 0.3) is 0 Å². The van der Waals surface area contributed by atoms with Gasteiger partial charge in [-0.05, 0) is 64.2 Å². The second-order valence-electron chi connectivity index (χ2n) is 30.2. The Hall–Kier alpha value is -1.92. The summed E-state index contributed by atoms with van der Waals surface area (Å²) < 4.78 is 5.52. The number of nitrogens with one attached hydrogen (secondary N) is 1. The Kier molecular flexibility index (Phi) is 82.8. The van der Waals surface area contributed by atoms with Gasteiger partial charge in [0.1, 0.15) is 0 Å². The van der Waals surface area contributed by atoms with E-state index in [-0.39, 0.29) is 18.5 Å². The number of esters is 1. The fourth-order valence-electron chi connectivity index (χ4n) is 14.0. The highest BCUT2D eigenvalue weighted by atomic mass is 16.5. The molecule has 0 aromatic rings. The van der Waals surface area contributed by atoms with Crippen molar-refractivity contribution in [2.45, 2.75) is 508 Å². The number of hydrogen-bond donors (Lipinski definition) is 3. The van der Waals surface area contributed by atoms with Crippen LogP contribution in [0, 0.1) is 0 Å². The molecule has 0 fully saturated rings. The minimum absolute atomic E-state index is 0.0225. The van der Waals surface area contributed by atoms with Gasteiger partial charge in [0.15, 0.2) is 0 Å². The van der Waals surface area contributed by atoms with Gasteiger partial charge in [-0.3, -0.25) is 9.59 Å². The van der Waals surface area contributed by atoms with Gasteiger partial charge in [0.25, 0.3) is 0 Å². The third-order valence-corrected chi connectivity index (χ3v) is 20.7. The van der Waals surface area contributed by atoms with Crippen molar-refractivity contribution in [1.82, 2.24) is 5.32 Å². The second-order valence-corrected chi connectivity index (χ2v) is 30.2. The third kappa shape index (κ3) is 80.9. The molecule has 0 saturated heterocycles. The summed E-state index contributed by atoms with van der Waals surface area (Å²) in [5.41, 5.74) is 0. The fourth-order valence-corrected chi connectivity index (χ4v) is 14.0. The first-order valence-corrected chi connectivity index (χ1v) is 43.8. The van der Waals surface area contributed by atoms with E-state index in [4.69, 9.17) is 4.74 Å². The van der Waals surface area contributed by atoms with Crippen LogP contribution in [-0.4, -0.2) is 47.4 Å². The Morgan fingerprint density at radius 2 is 0.526 bits per heavy atom. The van der Waals surface area contributed by atoms with Gasteiger partial charge < -0.3 is 20.3 Å². The van der Waals surface area contributed by atoms with E-state index in [1.165, 1.54) is 424 Å². The molecule has 0 aromatic carbocycles. The van der Waals surface area contributed by atoms with Crippen molar-refractivity contribution < 1.29 is 24.5 Å². The lowest BCUT2D eigenvalue weighted by Gasteiger charge is -2.20. The Morgan fingerprint density at radius 3 is 0.800 bits per heavy atom. The summed E-state index contributed by atoms with van der Waals surface area (Å²) in [5.74, 6) is -0.0377. The summed E-state index contributed by atoms with van der Waals surface area (Å²) in [6, 6.07) is -0.628. The molecule has 6 nitrogen and oxygen atoms in total. The molecule has 2 atom stereocenters. The molecule has 0 rings (SSSR count). The lowest BCUT2D eigenvalue weighted by Crippen LogP contribution is -2.45. The van der Waals surface area contributed by atoms with Crippen LogP contribution in [0.4, 0.5) is 0 Å². The number of allylic oxidation sites excluding steroid dienone is 5. The first kappa shape index (κ1) is 93.1. The standard InChI is InChI=1S/C89H171NO5/c1-3-5-7-9-11-13-15-17-19-21-23-24-25-39-42-46-49-53-57-61-65-69-73-77-81-87(92)86(85-91)90-88(93)82-78-74-70-66-62-58-54-50-47-43-40-37-35-33-31-29-27-26-28-30-32-34-36-38-41-44-48-52-56-60-64-68-72-76-80-84-95-89(94)83-79-75-71-67-63-59-55-51-45-22-20-18-16-14-12-10-8-6-4-2/h28,30,34,36,77,81,86-87,91-92H,3-27,29,31-33,35,37-76,78-80,82-85H2,1-2H3,(H,90,93)/b30-28-,36-34-,81-77+. The monoisotopic (exact) mass is 1330 g/mol. The second kappa shape index (κ2) is 84.5. The lowest BCUT2D eigenvalue weighted by atomic mass is 10.0. The number of unbranched alkanes of at least 4 members (excludes halogenated alkanes) is 68. The van der Waals surface area contributed by atoms with E-state index in [1.807, 2.05) is 6.08 Å². The van der Waals surface area contributed by atoms with Crippen LogP contribution in [0.5, 0.6) is 0 Å². The van der Waals surface area contributed by atoms with Crippen molar-refractivity contribution in [2.24, 2.45) is 0 Å². The summed E-state index contributed by atoms with van der Waals surface area (Å²) in [6.07, 6.45) is 112. The Bertz CT molecular complexity index is 1540. The number of amides is 1. The molecular formula is C89H171NO5. The van der Waals surface area contributed by atoms with E-state index in [2.05, 4.69) is 43.5 Å². The largest absolute Gasteiger partial charge is 0.466 e. The molecule has 0 spiro atoms. The maximum Gasteiger partial charge on any atom is 0.305 e. The van der Waals surface area contributed by atoms with Crippen LogP contribution in [-0.2, 0) is 14.3 Å². The van der Waals surface area contributed by atoms with E-state index < -0.39 is 12.1 Å². The number of hydrogen-bond acceptors (Lipinski definition) is 5. The SMILES string of the molecule is CCCCCCCCCCCCCCCCCCCCCCCC/C=C/C(O)C(CO)NC(=O)CCCCCCCCCCCCCCCCCCC/C=C\C/C=C\CCCCCCCCCCCCCOC(=O)CCCCCCCCCCCCCCCCCCCCC. The Morgan fingerprint density at radius 1 is 0.295 bits per heavy atom. The molecule has 0 aromatic heterocycles. The zero-order valence-electron chi connectivity index (χ0n) is 64.7. The van der Waals surface area contributed by atoms with Gasteiger partial charge in [0.2, 0.25) is 5.91 Å².